The van der Waals surface area contributed by atoms with Gasteiger partial charge in [0.05, 0.1) is 12.3 Å². The van der Waals surface area contributed by atoms with Crippen molar-refractivity contribution in [2.75, 3.05) is 23.8 Å². The molecule has 1 rings (SSSR count). The average molecular weight is 233 g/mol. The monoisotopic (exact) mass is 233 g/mol. The van der Waals surface area contributed by atoms with Crippen LogP contribution in [0.3, 0.4) is 0 Å². The number of nitrogens with two attached hydrogens (primary N) is 1. The van der Waals surface area contributed by atoms with Crippen LogP contribution >= 0.6 is 11.8 Å². The minimum Gasteiger partial charge on any atom is -0.490 e. The van der Waals surface area contributed by atoms with Gasteiger partial charge in [0.15, 0.2) is 11.6 Å². The zero-order valence-corrected chi connectivity index (χ0v) is 9.24. The maximum atomic E-state index is 13.2. The molecule has 5 heteroatoms. The second-order valence-electron chi connectivity index (χ2n) is 2.85. The summed E-state index contributed by atoms with van der Waals surface area (Å²) in [6.07, 6.45) is 0. The fourth-order valence-corrected chi connectivity index (χ4v) is 1.50. The van der Waals surface area contributed by atoms with Gasteiger partial charge in [-0.15, -0.1) is 0 Å². The third kappa shape index (κ3) is 3.58. The number of halogens is 2. The molecular formula is C10H13F2NOS. The Labute approximate surface area is 91.8 Å². The molecule has 2 nitrogen and oxygen atoms in total. The first-order valence-corrected chi connectivity index (χ1v) is 5.75. The number of anilines is 1. The van der Waals surface area contributed by atoms with Crippen LogP contribution in [0.5, 0.6) is 5.75 Å². The molecule has 0 spiro atoms. The fraction of sp³-hybridized carbons (Fsp3) is 0.400. The number of thioether (sulfide) groups is 1. The third-order valence-electron chi connectivity index (χ3n) is 1.74. The molecule has 0 saturated heterocycles. The van der Waals surface area contributed by atoms with E-state index in [1.165, 1.54) is 0 Å². The number of ether oxygens (including phenoxy) is 1. The van der Waals surface area contributed by atoms with Crippen molar-refractivity contribution in [3.8, 4) is 5.75 Å². The zero-order valence-electron chi connectivity index (χ0n) is 8.43. The molecule has 0 radical (unpaired) electrons. The summed E-state index contributed by atoms with van der Waals surface area (Å²) < 4.78 is 31.2. The molecule has 2 N–H and O–H groups in total. The SMILES string of the molecule is CCSCCOc1cc(F)c(N)cc1F. The van der Waals surface area contributed by atoms with Gasteiger partial charge in [0.2, 0.25) is 0 Å². The minimum absolute atomic E-state index is 0.0848. The van der Waals surface area contributed by atoms with Crippen molar-refractivity contribution in [3.05, 3.63) is 23.8 Å². The second kappa shape index (κ2) is 5.80. The highest BCUT2D eigenvalue weighted by atomic mass is 32.2. The van der Waals surface area contributed by atoms with E-state index in [0.717, 1.165) is 23.6 Å². The lowest BCUT2D eigenvalue weighted by atomic mass is 10.3. The molecule has 0 bridgehead atoms. The van der Waals surface area contributed by atoms with E-state index >= 15 is 0 Å². The van der Waals surface area contributed by atoms with Crippen LogP contribution in [0.25, 0.3) is 0 Å². The van der Waals surface area contributed by atoms with E-state index < -0.39 is 11.6 Å². The molecule has 0 atom stereocenters. The van der Waals surface area contributed by atoms with Crippen LogP contribution in [0.15, 0.2) is 12.1 Å². The van der Waals surface area contributed by atoms with E-state index in [4.69, 9.17) is 10.5 Å². The molecule has 15 heavy (non-hydrogen) atoms. The molecule has 0 amide bonds. The van der Waals surface area contributed by atoms with Crippen molar-refractivity contribution in [2.45, 2.75) is 6.92 Å². The van der Waals surface area contributed by atoms with Crippen LogP contribution in [-0.4, -0.2) is 18.1 Å². The molecule has 0 aliphatic rings. The van der Waals surface area contributed by atoms with Gasteiger partial charge in [-0.25, -0.2) is 8.78 Å². The van der Waals surface area contributed by atoms with E-state index in [1.807, 2.05) is 6.92 Å². The summed E-state index contributed by atoms with van der Waals surface area (Å²) in [6, 6.07) is 1.90. The summed E-state index contributed by atoms with van der Waals surface area (Å²) in [5.41, 5.74) is 4.99. The van der Waals surface area contributed by atoms with E-state index in [2.05, 4.69) is 0 Å². The predicted molar refractivity (Wildman–Crippen MR) is 59.3 cm³/mol. The highest BCUT2D eigenvalue weighted by molar-refractivity contribution is 7.99. The Hall–Kier alpha value is -0.970. The Morgan fingerprint density at radius 1 is 1.33 bits per heavy atom. The van der Waals surface area contributed by atoms with Gasteiger partial charge < -0.3 is 10.5 Å². The van der Waals surface area contributed by atoms with Crippen molar-refractivity contribution >= 4 is 17.4 Å². The molecule has 84 valence electrons. The summed E-state index contributed by atoms with van der Waals surface area (Å²) >= 11 is 1.67. The molecule has 0 aliphatic carbocycles. The molecule has 1 aromatic carbocycles. The number of nitrogen functional groups attached to an aromatic ring is 1. The molecule has 0 fully saturated rings. The Bertz CT molecular complexity index is 333. The van der Waals surface area contributed by atoms with Crippen molar-refractivity contribution in [1.29, 1.82) is 0 Å². The van der Waals surface area contributed by atoms with E-state index in [9.17, 15) is 8.78 Å². The van der Waals surface area contributed by atoms with Gasteiger partial charge in [0.25, 0.3) is 0 Å². The van der Waals surface area contributed by atoms with E-state index in [0.29, 0.717) is 6.61 Å². The summed E-state index contributed by atoms with van der Waals surface area (Å²) in [5.74, 6) is 0.354. The first kappa shape index (κ1) is 12.1. The summed E-state index contributed by atoms with van der Waals surface area (Å²) in [4.78, 5) is 0. The largest absolute Gasteiger partial charge is 0.490 e. The first-order valence-electron chi connectivity index (χ1n) is 4.60. The molecule has 0 aromatic heterocycles. The summed E-state index contributed by atoms with van der Waals surface area (Å²) in [5, 5.41) is 0. The number of benzene rings is 1. The van der Waals surface area contributed by atoms with Gasteiger partial charge in [-0.05, 0) is 5.75 Å². The Morgan fingerprint density at radius 2 is 2.07 bits per heavy atom. The quantitative estimate of drug-likeness (QED) is 0.627. The normalized spacial score (nSPS) is 10.3. The zero-order chi connectivity index (χ0) is 11.3. The number of rotatable bonds is 5. The van der Waals surface area contributed by atoms with Gasteiger partial charge in [-0.1, -0.05) is 6.92 Å². The van der Waals surface area contributed by atoms with E-state index in [-0.39, 0.29) is 11.4 Å². The lowest BCUT2D eigenvalue weighted by molar-refractivity contribution is 0.323. The van der Waals surface area contributed by atoms with Crippen LogP contribution in [0.1, 0.15) is 6.92 Å². The average Bonchev–Trinajstić information content (AvgIpc) is 2.20. The smallest absolute Gasteiger partial charge is 0.167 e. The first-order chi connectivity index (χ1) is 7.15. The Balaban J connectivity index is 2.57. The maximum Gasteiger partial charge on any atom is 0.167 e. The van der Waals surface area contributed by atoms with Gasteiger partial charge in [0.1, 0.15) is 5.82 Å². The highest BCUT2D eigenvalue weighted by Gasteiger charge is 2.08. The van der Waals surface area contributed by atoms with Crippen molar-refractivity contribution in [3.63, 3.8) is 0 Å². The predicted octanol–water partition coefficient (Wildman–Crippen LogP) is 2.68. The molecule has 0 aliphatic heterocycles. The maximum absolute atomic E-state index is 13.2. The molecule has 0 unspecified atom stereocenters. The van der Waals surface area contributed by atoms with Crippen molar-refractivity contribution in [1.82, 2.24) is 0 Å². The van der Waals surface area contributed by atoms with Gasteiger partial charge in [-0.2, -0.15) is 11.8 Å². The molecule has 1 aromatic rings. The molecule has 0 saturated carbocycles. The molecular weight excluding hydrogens is 220 g/mol. The number of hydrogen-bond acceptors (Lipinski definition) is 3. The summed E-state index contributed by atoms with van der Waals surface area (Å²) in [7, 11) is 0. The molecule has 0 heterocycles. The number of hydrogen-bond donors (Lipinski definition) is 1. The minimum atomic E-state index is -0.658. The second-order valence-corrected chi connectivity index (χ2v) is 4.24. The summed E-state index contributed by atoms with van der Waals surface area (Å²) in [6.45, 7) is 2.38. The topological polar surface area (TPSA) is 35.2 Å². The third-order valence-corrected chi connectivity index (χ3v) is 2.60. The van der Waals surface area contributed by atoms with Crippen molar-refractivity contribution < 1.29 is 13.5 Å². The van der Waals surface area contributed by atoms with Gasteiger partial charge in [0, 0.05) is 17.9 Å². The highest BCUT2D eigenvalue weighted by Crippen LogP contribution is 2.22. The lowest BCUT2D eigenvalue weighted by Crippen LogP contribution is -2.03. The van der Waals surface area contributed by atoms with Crippen LogP contribution in [-0.2, 0) is 0 Å². The lowest BCUT2D eigenvalue weighted by Gasteiger charge is -2.07. The van der Waals surface area contributed by atoms with Crippen LogP contribution in [0, 0.1) is 11.6 Å². The Morgan fingerprint density at radius 3 is 2.73 bits per heavy atom. The van der Waals surface area contributed by atoms with Gasteiger partial charge >= 0.3 is 0 Å². The van der Waals surface area contributed by atoms with E-state index in [1.54, 1.807) is 11.8 Å². The van der Waals surface area contributed by atoms with Crippen molar-refractivity contribution in [2.24, 2.45) is 0 Å². The fourth-order valence-electron chi connectivity index (χ4n) is 1.01. The van der Waals surface area contributed by atoms with Gasteiger partial charge in [-0.3, -0.25) is 0 Å². The van der Waals surface area contributed by atoms with Crippen LogP contribution in [0.2, 0.25) is 0 Å². The van der Waals surface area contributed by atoms with Crippen LogP contribution in [0.4, 0.5) is 14.5 Å². The standard InChI is InChI=1S/C10H13F2NOS/c1-2-15-4-3-14-10-6-7(11)9(13)5-8(10)12/h5-6H,2-4,13H2,1H3. The Kier molecular flexibility index (Phi) is 4.68. The van der Waals surface area contributed by atoms with Crippen LogP contribution < -0.4 is 10.5 Å².